The quantitative estimate of drug-likeness (QED) is 0.854. The molecule has 0 aromatic heterocycles. The van der Waals surface area contributed by atoms with E-state index in [0.717, 1.165) is 4.47 Å². The van der Waals surface area contributed by atoms with Crippen LogP contribution in [0.1, 0.15) is 26.3 Å². The van der Waals surface area contributed by atoms with E-state index in [-0.39, 0.29) is 6.61 Å². The molecular formula is C14H17BrN2O3. The van der Waals surface area contributed by atoms with E-state index in [1.54, 1.807) is 39.0 Å². The van der Waals surface area contributed by atoms with E-state index in [0.29, 0.717) is 17.9 Å². The molecule has 6 heteroatoms. The third kappa shape index (κ3) is 5.93. The average Bonchev–Trinajstić information content (AvgIpc) is 2.33. The van der Waals surface area contributed by atoms with E-state index in [1.807, 2.05) is 0 Å². The van der Waals surface area contributed by atoms with Gasteiger partial charge in [-0.3, -0.25) is 0 Å². The van der Waals surface area contributed by atoms with Crippen LogP contribution < -0.4 is 10.1 Å². The minimum absolute atomic E-state index is 0.259. The molecule has 0 radical (unpaired) electrons. The maximum Gasteiger partial charge on any atom is 0.407 e. The summed E-state index contributed by atoms with van der Waals surface area (Å²) < 4.78 is 11.3. The molecular weight excluding hydrogens is 324 g/mol. The lowest BCUT2D eigenvalue weighted by atomic mass is 10.2. The fraction of sp³-hybridized carbons (Fsp3) is 0.429. The number of halogens is 1. The number of amides is 1. The predicted molar refractivity (Wildman–Crippen MR) is 78.6 cm³/mol. The number of alkyl carbamates (subject to hydrolysis) is 1. The van der Waals surface area contributed by atoms with Gasteiger partial charge in [0.15, 0.2) is 0 Å². The molecule has 20 heavy (non-hydrogen) atoms. The second-order valence-electron chi connectivity index (χ2n) is 5.03. The average molecular weight is 341 g/mol. The molecule has 0 bridgehead atoms. The van der Waals surface area contributed by atoms with Gasteiger partial charge in [0.25, 0.3) is 0 Å². The van der Waals surface area contributed by atoms with Crippen LogP contribution in [0.4, 0.5) is 4.79 Å². The zero-order valence-corrected chi connectivity index (χ0v) is 13.3. The number of carbonyl (C=O) groups excluding carboxylic acids is 1. The Morgan fingerprint density at radius 2 is 2.15 bits per heavy atom. The predicted octanol–water partition coefficient (Wildman–Crippen LogP) is 3.22. The summed E-state index contributed by atoms with van der Waals surface area (Å²) in [6.07, 6.45) is -0.489. The fourth-order valence-corrected chi connectivity index (χ4v) is 1.70. The van der Waals surface area contributed by atoms with Crippen LogP contribution in [0.3, 0.4) is 0 Å². The zero-order chi connectivity index (χ0) is 15.2. The van der Waals surface area contributed by atoms with E-state index in [1.165, 1.54) is 0 Å². The molecule has 1 amide bonds. The summed E-state index contributed by atoms with van der Waals surface area (Å²) >= 11 is 3.29. The second-order valence-corrected chi connectivity index (χ2v) is 5.95. The van der Waals surface area contributed by atoms with Crippen molar-refractivity contribution in [1.29, 1.82) is 5.26 Å². The van der Waals surface area contributed by atoms with Crippen LogP contribution in [-0.4, -0.2) is 24.8 Å². The molecule has 1 aromatic carbocycles. The smallest absolute Gasteiger partial charge is 0.407 e. The molecule has 0 saturated carbocycles. The van der Waals surface area contributed by atoms with Gasteiger partial charge in [0.05, 0.1) is 12.1 Å². The Morgan fingerprint density at radius 3 is 2.75 bits per heavy atom. The van der Waals surface area contributed by atoms with Crippen molar-refractivity contribution in [3.63, 3.8) is 0 Å². The van der Waals surface area contributed by atoms with E-state index in [9.17, 15) is 4.79 Å². The molecule has 0 unspecified atom stereocenters. The van der Waals surface area contributed by atoms with Gasteiger partial charge in [-0.1, -0.05) is 15.9 Å². The summed E-state index contributed by atoms with van der Waals surface area (Å²) in [5.74, 6) is 0.488. The Balaban J connectivity index is 2.39. The molecule has 1 aromatic rings. The Labute approximate surface area is 127 Å². The highest BCUT2D eigenvalue weighted by atomic mass is 79.9. The van der Waals surface area contributed by atoms with E-state index in [2.05, 4.69) is 27.3 Å². The topological polar surface area (TPSA) is 71.3 Å². The van der Waals surface area contributed by atoms with Crippen LogP contribution in [0.2, 0.25) is 0 Å². The number of benzene rings is 1. The second kappa shape index (κ2) is 7.15. The maximum absolute atomic E-state index is 11.4. The molecule has 0 spiro atoms. The van der Waals surface area contributed by atoms with Crippen LogP contribution in [-0.2, 0) is 4.74 Å². The summed E-state index contributed by atoms with van der Waals surface area (Å²) in [6, 6.07) is 7.22. The number of hydrogen-bond acceptors (Lipinski definition) is 4. The molecule has 108 valence electrons. The van der Waals surface area contributed by atoms with Crippen molar-refractivity contribution in [3.8, 4) is 11.8 Å². The van der Waals surface area contributed by atoms with Crippen molar-refractivity contribution in [2.75, 3.05) is 13.2 Å². The molecule has 0 fully saturated rings. The molecule has 0 aliphatic heterocycles. The number of carbonyl (C=O) groups is 1. The summed E-state index contributed by atoms with van der Waals surface area (Å²) in [5, 5.41) is 11.6. The van der Waals surface area contributed by atoms with Crippen molar-refractivity contribution in [1.82, 2.24) is 5.32 Å². The zero-order valence-electron chi connectivity index (χ0n) is 11.7. The first-order valence-corrected chi connectivity index (χ1v) is 6.90. The fourth-order valence-electron chi connectivity index (χ4n) is 1.34. The highest BCUT2D eigenvalue weighted by molar-refractivity contribution is 9.10. The van der Waals surface area contributed by atoms with Gasteiger partial charge in [-0.25, -0.2) is 4.79 Å². The Morgan fingerprint density at radius 1 is 1.45 bits per heavy atom. The molecule has 1 N–H and O–H groups in total. The van der Waals surface area contributed by atoms with Crippen LogP contribution in [0, 0.1) is 11.3 Å². The van der Waals surface area contributed by atoms with Gasteiger partial charge in [-0.05, 0) is 39.0 Å². The molecule has 0 heterocycles. The molecule has 5 nitrogen and oxygen atoms in total. The first-order chi connectivity index (χ1) is 9.31. The number of ether oxygens (including phenoxy) is 2. The highest BCUT2D eigenvalue weighted by Crippen LogP contribution is 2.22. The van der Waals surface area contributed by atoms with Crippen molar-refractivity contribution in [2.45, 2.75) is 26.4 Å². The lowest BCUT2D eigenvalue weighted by molar-refractivity contribution is 0.0520. The lowest BCUT2D eigenvalue weighted by Crippen LogP contribution is -2.34. The maximum atomic E-state index is 11.4. The first-order valence-electron chi connectivity index (χ1n) is 6.11. The van der Waals surface area contributed by atoms with E-state index < -0.39 is 11.7 Å². The standard InChI is InChI=1S/C14H17BrN2O3/c1-14(2,3)20-13(18)17-6-7-19-12-5-4-11(15)8-10(12)9-16/h4-5,8H,6-7H2,1-3H3,(H,17,18). The van der Waals surface area contributed by atoms with Crippen LogP contribution in [0.5, 0.6) is 5.75 Å². The van der Waals surface area contributed by atoms with Gasteiger partial charge in [-0.2, -0.15) is 5.26 Å². The van der Waals surface area contributed by atoms with Crippen molar-refractivity contribution >= 4 is 22.0 Å². The molecule has 0 saturated heterocycles. The number of hydrogen-bond donors (Lipinski definition) is 1. The third-order valence-electron chi connectivity index (χ3n) is 2.09. The Kier molecular flexibility index (Phi) is 5.83. The van der Waals surface area contributed by atoms with Gasteiger partial charge in [-0.15, -0.1) is 0 Å². The minimum Gasteiger partial charge on any atom is -0.490 e. The number of nitrogens with zero attached hydrogens (tertiary/aromatic N) is 1. The largest absolute Gasteiger partial charge is 0.490 e. The Hall–Kier alpha value is -1.74. The van der Waals surface area contributed by atoms with E-state index in [4.69, 9.17) is 14.7 Å². The number of nitrogens with one attached hydrogen (secondary N) is 1. The number of rotatable bonds is 4. The summed E-state index contributed by atoms with van der Waals surface area (Å²) in [5.41, 5.74) is -0.0819. The molecule has 0 atom stereocenters. The molecule has 0 aliphatic carbocycles. The van der Waals surface area contributed by atoms with Gasteiger partial charge in [0, 0.05) is 4.47 Å². The lowest BCUT2D eigenvalue weighted by Gasteiger charge is -2.19. The van der Waals surface area contributed by atoms with E-state index >= 15 is 0 Å². The molecule has 0 aliphatic rings. The SMILES string of the molecule is CC(C)(C)OC(=O)NCCOc1ccc(Br)cc1C#N. The van der Waals surface area contributed by atoms with Crippen LogP contribution >= 0.6 is 15.9 Å². The normalized spacial score (nSPS) is 10.6. The van der Waals surface area contributed by atoms with Crippen molar-refractivity contribution in [2.24, 2.45) is 0 Å². The number of nitriles is 1. The monoisotopic (exact) mass is 340 g/mol. The van der Waals surface area contributed by atoms with Gasteiger partial charge < -0.3 is 14.8 Å². The summed E-state index contributed by atoms with van der Waals surface area (Å²) in [6.45, 7) is 5.95. The van der Waals surface area contributed by atoms with Gasteiger partial charge in [0.2, 0.25) is 0 Å². The Bertz CT molecular complexity index is 518. The van der Waals surface area contributed by atoms with Crippen LogP contribution in [0.25, 0.3) is 0 Å². The minimum atomic E-state index is -0.523. The first kappa shape index (κ1) is 16.3. The van der Waals surface area contributed by atoms with Gasteiger partial charge in [0.1, 0.15) is 24.0 Å². The highest BCUT2D eigenvalue weighted by Gasteiger charge is 2.15. The summed E-state index contributed by atoms with van der Waals surface area (Å²) in [7, 11) is 0. The molecule has 1 rings (SSSR count). The van der Waals surface area contributed by atoms with Crippen molar-refractivity contribution in [3.05, 3.63) is 28.2 Å². The van der Waals surface area contributed by atoms with Crippen LogP contribution in [0.15, 0.2) is 22.7 Å². The third-order valence-corrected chi connectivity index (χ3v) is 2.58. The van der Waals surface area contributed by atoms with Gasteiger partial charge >= 0.3 is 6.09 Å². The van der Waals surface area contributed by atoms with Crippen molar-refractivity contribution < 1.29 is 14.3 Å². The summed E-state index contributed by atoms with van der Waals surface area (Å²) in [4.78, 5) is 11.4.